The Morgan fingerprint density at radius 2 is 2.00 bits per heavy atom. The smallest absolute Gasteiger partial charge is 0.268 e. The second-order valence-corrected chi connectivity index (χ2v) is 6.44. The highest BCUT2D eigenvalue weighted by atomic mass is 16.3. The van der Waals surface area contributed by atoms with Gasteiger partial charge in [-0.25, -0.2) is 9.97 Å². The molecule has 2 aromatic heterocycles. The van der Waals surface area contributed by atoms with E-state index in [0.717, 1.165) is 11.1 Å². The van der Waals surface area contributed by atoms with Crippen LogP contribution in [0.3, 0.4) is 0 Å². The lowest BCUT2D eigenvalue weighted by Gasteiger charge is -2.16. The second-order valence-electron chi connectivity index (χ2n) is 6.44. The van der Waals surface area contributed by atoms with E-state index >= 15 is 0 Å². The van der Waals surface area contributed by atoms with Crippen LogP contribution in [0.2, 0.25) is 0 Å². The number of benzene rings is 1. The highest BCUT2D eigenvalue weighted by molar-refractivity contribution is 5.94. The fraction of sp³-hybridized carbons (Fsp3) is 0.250. The van der Waals surface area contributed by atoms with Gasteiger partial charge in [-0.15, -0.1) is 0 Å². The molecule has 0 radical (unpaired) electrons. The number of anilines is 1. The van der Waals surface area contributed by atoms with E-state index in [1.165, 1.54) is 6.33 Å². The van der Waals surface area contributed by atoms with Gasteiger partial charge in [-0.3, -0.25) is 4.79 Å². The van der Waals surface area contributed by atoms with E-state index in [4.69, 9.17) is 0 Å². The predicted octanol–water partition coefficient (Wildman–Crippen LogP) is 1.73. The number of aromatic amines is 1. The molecule has 2 unspecified atom stereocenters. The zero-order valence-electron chi connectivity index (χ0n) is 15.5. The van der Waals surface area contributed by atoms with Crippen molar-refractivity contribution in [3.05, 3.63) is 66.2 Å². The van der Waals surface area contributed by atoms with Crippen molar-refractivity contribution in [2.45, 2.75) is 19.1 Å². The van der Waals surface area contributed by atoms with Crippen LogP contribution in [-0.4, -0.2) is 50.3 Å². The summed E-state index contributed by atoms with van der Waals surface area (Å²) in [5, 5.41) is 24.8. The summed E-state index contributed by atoms with van der Waals surface area (Å²) in [5.41, 5.74) is 2.56. The minimum atomic E-state index is -0.495. The molecule has 146 valence electrons. The molecule has 0 spiro atoms. The van der Waals surface area contributed by atoms with Gasteiger partial charge in [0.1, 0.15) is 17.8 Å². The van der Waals surface area contributed by atoms with Gasteiger partial charge in [0, 0.05) is 24.4 Å². The monoisotopic (exact) mass is 381 g/mol. The van der Waals surface area contributed by atoms with Gasteiger partial charge in [0.2, 0.25) is 0 Å². The summed E-state index contributed by atoms with van der Waals surface area (Å²) in [6, 6.07) is 12.2. The van der Waals surface area contributed by atoms with E-state index in [2.05, 4.69) is 25.6 Å². The van der Waals surface area contributed by atoms with E-state index < -0.39 is 12.1 Å². The van der Waals surface area contributed by atoms with Crippen molar-refractivity contribution >= 4 is 11.7 Å². The summed E-state index contributed by atoms with van der Waals surface area (Å²) in [6.45, 7) is 1.86. The van der Waals surface area contributed by atoms with E-state index in [-0.39, 0.29) is 12.5 Å². The van der Waals surface area contributed by atoms with Gasteiger partial charge < -0.3 is 25.8 Å². The average Bonchev–Trinajstić information content (AvgIpc) is 3.22. The van der Waals surface area contributed by atoms with Crippen LogP contribution in [0.4, 0.5) is 5.82 Å². The number of amides is 1. The van der Waals surface area contributed by atoms with E-state index in [1.54, 1.807) is 25.3 Å². The number of aromatic nitrogens is 3. The van der Waals surface area contributed by atoms with Gasteiger partial charge in [-0.1, -0.05) is 30.3 Å². The predicted molar refractivity (Wildman–Crippen MR) is 106 cm³/mol. The molecule has 2 atom stereocenters. The molecule has 1 amide bonds. The van der Waals surface area contributed by atoms with Gasteiger partial charge in [0.05, 0.1) is 24.4 Å². The Balaban J connectivity index is 1.71. The summed E-state index contributed by atoms with van der Waals surface area (Å²) >= 11 is 0. The molecule has 0 fully saturated rings. The average molecular weight is 381 g/mol. The first-order chi connectivity index (χ1) is 13.6. The standard InChI is InChI=1S/C20H23N5O3/c1-13(27)9-22-19-8-16(23-12-24-19)15-7-17(21-10-15)20(28)25-18(11-26)14-5-3-2-4-6-14/h2-8,10,12-13,18,21,26-27H,9,11H2,1H3,(H,25,28)(H,22,23,24). The molecular formula is C20H23N5O3. The maximum absolute atomic E-state index is 12.5. The Labute approximate surface area is 162 Å². The van der Waals surface area contributed by atoms with Crippen molar-refractivity contribution in [2.24, 2.45) is 0 Å². The normalized spacial score (nSPS) is 13.0. The van der Waals surface area contributed by atoms with Gasteiger partial charge in [-0.05, 0) is 18.6 Å². The zero-order chi connectivity index (χ0) is 19.9. The van der Waals surface area contributed by atoms with Crippen LogP contribution in [0.1, 0.15) is 29.0 Å². The summed E-state index contributed by atoms with van der Waals surface area (Å²) < 4.78 is 0. The summed E-state index contributed by atoms with van der Waals surface area (Å²) in [4.78, 5) is 23.8. The van der Waals surface area contributed by atoms with Crippen molar-refractivity contribution in [1.29, 1.82) is 0 Å². The van der Waals surface area contributed by atoms with Gasteiger partial charge in [-0.2, -0.15) is 0 Å². The molecule has 28 heavy (non-hydrogen) atoms. The molecule has 0 saturated carbocycles. The maximum atomic E-state index is 12.5. The SMILES string of the molecule is CC(O)CNc1cc(-c2c[nH]c(C(=O)NC(CO)c3ccccc3)c2)ncn1. The third-order valence-electron chi connectivity index (χ3n) is 4.16. The third-order valence-corrected chi connectivity index (χ3v) is 4.16. The fourth-order valence-corrected chi connectivity index (χ4v) is 2.69. The minimum Gasteiger partial charge on any atom is -0.394 e. The molecule has 0 saturated heterocycles. The number of nitrogens with zero attached hydrogens (tertiary/aromatic N) is 2. The lowest BCUT2D eigenvalue weighted by molar-refractivity contribution is 0.0911. The number of nitrogens with one attached hydrogen (secondary N) is 3. The van der Waals surface area contributed by atoms with Crippen LogP contribution in [-0.2, 0) is 0 Å². The Morgan fingerprint density at radius 3 is 2.71 bits per heavy atom. The van der Waals surface area contributed by atoms with Crippen LogP contribution in [0.5, 0.6) is 0 Å². The van der Waals surface area contributed by atoms with Crippen LogP contribution in [0, 0.1) is 0 Å². The highest BCUT2D eigenvalue weighted by Gasteiger charge is 2.16. The Hall–Kier alpha value is -3.23. The quantitative estimate of drug-likeness (QED) is 0.405. The highest BCUT2D eigenvalue weighted by Crippen LogP contribution is 2.20. The van der Waals surface area contributed by atoms with Crippen molar-refractivity contribution in [2.75, 3.05) is 18.5 Å². The molecule has 3 rings (SSSR count). The van der Waals surface area contributed by atoms with E-state index in [9.17, 15) is 15.0 Å². The van der Waals surface area contributed by atoms with Gasteiger partial charge in [0.25, 0.3) is 5.91 Å². The first kappa shape index (κ1) is 19.5. The number of hydrogen-bond acceptors (Lipinski definition) is 6. The largest absolute Gasteiger partial charge is 0.394 e. The molecule has 8 nitrogen and oxygen atoms in total. The van der Waals surface area contributed by atoms with Crippen LogP contribution in [0.25, 0.3) is 11.3 Å². The van der Waals surface area contributed by atoms with Crippen LogP contribution in [0.15, 0.2) is 55.0 Å². The summed E-state index contributed by atoms with van der Waals surface area (Å²) in [7, 11) is 0. The third kappa shape index (κ3) is 4.93. The molecule has 1 aromatic carbocycles. The number of aliphatic hydroxyl groups excluding tert-OH is 2. The topological polar surface area (TPSA) is 123 Å². The number of aliphatic hydroxyl groups is 2. The summed E-state index contributed by atoms with van der Waals surface area (Å²) in [5.74, 6) is 0.262. The molecule has 2 heterocycles. The number of hydrogen-bond donors (Lipinski definition) is 5. The molecule has 0 aliphatic heterocycles. The molecule has 0 bridgehead atoms. The molecule has 3 aromatic rings. The summed E-state index contributed by atoms with van der Waals surface area (Å²) in [6.07, 6.45) is 2.61. The van der Waals surface area contributed by atoms with Crippen LogP contribution < -0.4 is 10.6 Å². The van der Waals surface area contributed by atoms with Crippen molar-refractivity contribution in [3.8, 4) is 11.3 Å². The maximum Gasteiger partial charge on any atom is 0.268 e. The number of carbonyl (C=O) groups is 1. The second kappa shape index (κ2) is 9.12. The minimum absolute atomic E-state index is 0.201. The molecule has 5 N–H and O–H groups in total. The van der Waals surface area contributed by atoms with Crippen molar-refractivity contribution in [3.63, 3.8) is 0 Å². The molecular weight excluding hydrogens is 358 g/mol. The Bertz CT molecular complexity index is 911. The zero-order valence-corrected chi connectivity index (χ0v) is 15.5. The molecule has 0 aliphatic rings. The number of rotatable bonds is 8. The Kier molecular flexibility index (Phi) is 6.36. The van der Waals surface area contributed by atoms with Crippen molar-refractivity contribution < 1.29 is 15.0 Å². The number of carbonyl (C=O) groups excluding carboxylic acids is 1. The molecule has 0 aliphatic carbocycles. The van der Waals surface area contributed by atoms with Gasteiger partial charge in [0.15, 0.2) is 0 Å². The number of H-pyrrole nitrogens is 1. The van der Waals surface area contributed by atoms with E-state index in [0.29, 0.717) is 23.8 Å². The lowest BCUT2D eigenvalue weighted by atomic mass is 10.1. The molecule has 8 heteroatoms. The van der Waals surface area contributed by atoms with Gasteiger partial charge >= 0.3 is 0 Å². The first-order valence-electron chi connectivity index (χ1n) is 8.96. The first-order valence-corrected chi connectivity index (χ1v) is 8.96. The Morgan fingerprint density at radius 1 is 1.21 bits per heavy atom. The van der Waals surface area contributed by atoms with Crippen LogP contribution >= 0.6 is 0 Å². The van der Waals surface area contributed by atoms with Crippen molar-refractivity contribution in [1.82, 2.24) is 20.3 Å². The lowest BCUT2D eigenvalue weighted by Crippen LogP contribution is -2.30. The van der Waals surface area contributed by atoms with E-state index in [1.807, 2.05) is 30.3 Å². The fourth-order valence-electron chi connectivity index (χ4n) is 2.69.